The summed E-state index contributed by atoms with van der Waals surface area (Å²) in [4.78, 5) is 23.0. The maximum Gasteiger partial charge on any atom is 0.159 e. The smallest absolute Gasteiger partial charge is 0.159 e. The highest BCUT2D eigenvalue weighted by Gasteiger charge is 2.49. The summed E-state index contributed by atoms with van der Waals surface area (Å²) in [7, 11) is 0. The molecule has 0 saturated carbocycles. The molecule has 0 radical (unpaired) electrons. The van der Waals surface area contributed by atoms with Crippen LogP contribution in [-0.2, 0) is 9.59 Å². The molecular formula is C19H28O3. The summed E-state index contributed by atoms with van der Waals surface area (Å²) >= 11 is 0. The number of hydrogen-bond acceptors (Lipinski definition) is 3. The number of aliphatic hydroxyl groups is 1. The Morgan fingerprint density at radius 2 is 1.95 bits per heavy atom. The molecular weight excluding hydrogens is 276 g/mol. The maximum absolute atomic E-state index is 12.4. The van der Waals surface area contributed by atoms with E-state index in [1.54, 1.807) is 12.2 Å². The number of aldehydes is 1. The van der Waals surface area contributed by atoms with Crippen molar-refractivity contribution in [1.29, 1.82) is 0 Å². The van der Waals surface area contributed by atoms with E-state index >= 15 is 0 Å². The molecule has 3 nitrogen and oxygen atoms in total. The zero-order valence-corrected chi connectivity index (χ0v) is 14.6. The van der Waals surface area contributed by atoms with Crippen LogP contribution >= 0.6 is 0 Å². The Kier molecular flexibility index (Phi) is 5.69. The van der Waals surface area contributed by atoms with Crippen LogP contribution in [0.2, 0.25) is 0 Å². The molecule has 1 aliphatic rings. The van der Waals surface area contributed by atoms with Gasteiger partial charge in [0.2, 0.25) is 0 Å². The fourth-order valence-corrected chi connectivity index (χ4v) is 3.03. The molecule has 0 heterocycles. The Balaban J connectivity index is 3.38. The number of Topliss-reactive ketones (excluding diaryl/α,β-unsaturated/α-hetero) is 1. The third-order valence-electron chi connectivity index (χ3n) is 4.53. The SMILES string of the molecule is CC(C=CC1(O)C(C)=C(CC(C)C)C(=O)CC1(C)C)=CC=O. The molecule has 0 amide bonds. The summed E-state index contributed by atoms with van der Waals surface area (Å²) in [6.45, 7) is 11.6. The zero-order valence-electron chi connectivity index (χ0n) is 14.6. The van der Waals surface area contributed by atoms with Gasteiger partial charge in [0.25, 0.3) is 0 Å². The molecule has 0 spiro atoms. The van der Waals surface area contributed by atoms with Crippen LogP contribution in [-0.4, -0.2) is 22.8 Å². The molecule has 0 aromatic carbocycles. The fraction of sp³-hybridized carbons (Fsp3) is 0.579. The van der Waals surface area contributed by atoms with Crippen molar-refractivity contribution in [1.82, 2.24) is 0 Å². The van der Waals surface area contributed by atoms with Gasteiger partial charge in [0, 0.05) is 11.8 Å². The van der Waals surface area contributed by atoms with E-state index in [0.29, 0.717) is 18.8 Å². The number of carbonyl (C=O) groups excluding carboxylic acids is 2. The summed E-state index contributed by atoms with van der Waals surface area (Å²) in [6, 6.07) is 0. The summed E-state index contributed by atoms with van der Waals surface area (Å²) in [5.41, 5.74) is 0.501. The van der Waals surface area contributed by atoms with Crippen molar-refractivity contribution < 1.29 is 14.7 Å². The molecule has 0 aliphatic heterocycles. The fourth-order valence-electron chi connectivity index (χ4n) is 3.03. The maximum atomic E-state index is 12.4. The van der Waals surface area contributed by atoms with Crippen LogP contribution in [0.1, 0.15) is 54.4 Å². The van der Waals surface area contributed by atoms with Gasteiger partial charge in [-0.2, -0.15) is 0 Å². The lowest BCUT2D eigenvalue weighted by Gasteiger charge is -2.46. The number of allylic oxidation sites excluding steroid dienone is 4. The zero-order chi connectivity index (χ0) is 17.1. The van der Waals surface area contributed by atoms with Gasteiger partial charge in [0.1, 0.15) is 11.9 Å². The van der Waals surface area contributed by atoms with Crippen molar-refractivity contribution in [2.24, 2.45) is 11.3 Å². The van der Waals surface area contributed by atoms with Gasteiger partial charge in [-0.15, -0.1) is 0 Å². The second-order valence-corrected chi connectivity index (χ2v) is 7.33. The van der Waals surface area contributed by atoms with E-state index in [9.17, 15) is 14.7 Å². The Bertz CT molecular complexity index is 547. The van der Waals surface area contributed by atoms with E-state index in [1.165, 1.54) is 6.08 Å². The van der Waals surface area contributed by atoms with E-state index < -0.39 is 11.0 Å². The van der Waals surface area contributed by atoms with Gasteiger partial charge in [-0.1, -0.05) is 33.8 Å². The first-order chi connectivity index (χ1) is 10.0. The van der Waals surface area contributed by atoms with Crippen LogP contribution < -0.4 is 0 Å². The van der Waals surface area contributed by atoms with Crippen molar-refractivity contribution in [3.8, 4) is 0 Å². The molecule has 0 fully saturated rings. The number of ketones is 1. The van der Waals surface area contributed by atoms with E-state index in [2.05, 4.69) is 13.8 Å². The Morgan fingerprint density at radius 1 is 1.36 bits per heavy atom. The monoisotopic (exact) mass is 304 g/mol. The van der Waals surface area contributed by atoms with Crippen molar-refractivity contribution in [3.05, 3.63) is 34.9 Å². The van der Waals surface area contributed by atoms with Gasteiger partial charge in [-0.25, -0.2) is 0 Å². The van der Waals surface area contributed by atoms with Crippen molar-refractivity contribution in [3.63, 3.8) is 0 Å². The molecule has 1 N–H and O–H groups in total. The predicted octanol–water partition coefficient (Wildman–Crippen LogP) is 3.78. The van der Waals surface area contributed by atoms with Gasteiger partial charge < -0.3 is 5.11 Å². The molecule has 22 heavy (non-hydrogen) atoms. The molecule has 1 unspecified atom stereocenters. The number of carbonyl (C=O) groups is 2. The molecule has 122 valence electrons. The van der Waals surface area contributed by atoms with E-state index in [4.69, 9.17) is 0 Å². The minimum Gasteiger partial charge on any atom is -0.381 e. The Labute approximate surface area is 133 Å². The van der Waals surface area contributed by atoms with Crippen LogP contribution in [0.5, 0.6) is 0 Å². The number of hydrogen-bond donors (Lipinski definition) is 1. The van der Waals surface area contributed by atoms with Crippen molar-refractivity contribution in [2.45, 2.75) is 60.0 Å². The highest BCUT2D eigenvalue weighted by Crippen LogP contribution is 2.47. The highest BCUT2D eigenvalue weighted by molar-refractivity contribution is 5.98. The van der Waals surface area contributed by atoms with Gasteiger partial charge in [-0.3, -0.25) is 9.59 Å². The van der Waals surface area contributed by atoms with Gasteiger partial charge >= 0.3 is 0 Å². The summed E-state index contributed by atoms with van der Waals surface area (Å²) < 4.78 is 0. The quantitative estimate of drug-likeness (QED) is 0.478. The normalized spacial score (nSPS) is 26.2. The molecule has 0 aromatic heterocycles. The van der Waals surface area contributed by atoms with Crippen LogP contribution in [0, 0.1) is 11.3 Å². The molecule has 3 heteroatoms. The number of rotatable bonds is 5. The summed E-state index contributed by atoms with van der Waals surface area (Å²) in [5.74, 6) is 0.495. The molecule has 1 atom stereocenters. The molecule has 1 aliphatic carbocycles. The Morgan fingerprint density at radius 3 is 2.45 bits per heavy atom. The van der Waals surface area contributed by atoms with E-state index in [0.717, 1.165) is 23.0 Å². The van der Waals surface area contributed by atoms with Crippen LogP contribution in [0.4, 0.5) is 0 Å². The lowest BCUT2D eigenvalue weighted by molar-refractivity contribution is -0.123. The standard InChI is InChI=1S/C19H28O3/c1-13(2)11-16-15(4)19(22,9-7-14(3)8-10-20)18(5,6)12-17(16)21/h7-10,13,22H,11-12H2,1-6H3. The van der Waals surface area contributed by atoms with Crippen molar-refractivity contribution in [2.75, 3.05) is 0 Å². The second-order valence-electron chi connectivity index (χ2n) is 7.33. The third kappa shape index (κ3) is 3.64. The Hall–Kier alpha value is -1.48. The topological polar surface area (TPSA) is 54.4 Å². The third-order valence-corrected chi connectivity index (χ3v) is 4.53. The second kappa shape index (κ2) is 6.74. The molecule has 0 bridgehead atoms. The van der Waals surface area contributed by atoms with Crippen LogP contribution in [0.3, 0.4) is 0 Å². The lowest BCUT2D eigenvalue weighted by Crippen LogP contribution is -2.49. The summed E-state index contributed by atoms with van der Waals surface area (Å²) in [5, 5.41) is 11.3. The molecule has 0 aromatic rings. The van der Waals surface area contributed by atoms with E-state index in [1.807, 2.05) is 27.7 Å². The molecule has 1 rings (SSSR count). The largest absolute Gasteiger partial charge is 0.381 e. The lowest BCUT2D eigenvalue weighted by atomic mass is 9.61. The minimum atomic E-state index is -1.18. The summed E-state index contributed by atoms with van der Waals surface area (Å²) in [6.07, 6.45) is 6.66. The first-order valence-electron chi connectivity index (χ1n) is 7.82. The van der Waals surface area contributed by atoms with E-state index in [-0.39, 0.29) is 5.78 Å². The van der Waals surface area contributed by atoms with Gasteiger partial charge in [0.15, 0.2) is 5.78 Å². The first-order valence-corrected chi connectivity index (χ1v) is 7.82. The van der Waals surface area contributed by atoms with Crippen LogP contribution in [0.15, 0.2) is 34.9 Å². The highest BCUT2D eigenvalue weighted by atomic mass is 16.3. The average molecular weight is 304 g/mol. The average Bonchev–Trinajstić information content (AvgIpc) is 2.39. The van der Waals surface area contributed by atoms with Gasteiger partial charge in [-0.05, 0) is 55.1 Å². The van der Waals surface area contributed by atoms with Gasteiger partial charge in [0.05, 0.1) is 0 Å². The predicted molar refractivity (Wildman–Crippen MR) is 89.5 cm³/mol. The van der Waals surface area contributed by atoms with Crippen molar-refractivity contribution >= 4 is 12.1 Å². The molecule has 0 saturated heterocycles. The van der Waals surface area contributed by atoms with Crippen LogP contribution in [0.25, 0.3) is 0 Å². The first kappa shape index (κ1) is 18.6. The minimum absolute atomic E-state index is 0.134.